The van der Waals surface area contributed by atoms with Gasteiger partial charge in [-0.25, -0.2) is 0 Å². The van der Waals surface area contributed by atoms with E-state index in [1.165, 1.54) is 25.7 Å². The second-order valence-electron chi connectivity index (χ2n) is 6.20. The predicted molar refractivity (Wildman–Crippen MR) is 120 cm³/mol. The van der Waals surface area contributed by atoms with Crippen molar-refractivity contribution in [2.24, 2.45) is 0 Å². The Labute approximate surface area is 175 Å². The largest absolute Gasteiger partial charge is 0.0829 e. The Morgan fingerprint density at radius 2 is 0.962 bits per heavy atom. The van der Waals surface area contributed by atoms with Gasteiger partial charge in [-0.1, -0.05) is 118 Å². The summed E-state index contributed by atoms with van der Waals surface area (Å²) in [6, 6.07) is 20.3. The third kappa shape index (κ3) is 9.28. The summed E-state index contributed by atoms with van der Waals surface area (Å²) in [6.45, 7) is 0. The second-order valence-corrected chi connectivity index (χ2v) is 8.41. The number of alkyl halides is 2. The van der Waals surface area contributed by atoms with Crippen molar-refractivity contribution in [1.29, 1.82) is 0 Å². The Balaban J connectivity index is 1.55. The quantitative estimate of drug-likeness (QED) is 0.232. The zero-order valence-corrected chi connectivity index (χ0v) is 18.1. The van der Waals surface area contributed by atoms with Gasteiger partial charge in [0.25, 0.3) is 0 Å². The van der Waals surface area contributed by atoms with Gasteiger partial charge in [0, 0.05) is 11.1 Å². The van der Waals surface area contributed by atoms with Crippen LogP contribution in [0.25, 0.3) is 0 Å². The normalized spacial score (nSPS) is 12.2. The van der Waals surface area contributed by atoms with E-state index in [4.69, 9.17) is 0 Å². The van der Waals surface area contributed by atoms with E-state index >= 15 is 0 Å². The fourth-order valence-corrected chi connectivity index (χ4v) is 3.39. The standard InChI is InChI=1S/C24H24Br2/c25-23(19-17-21-11-5-3-6-12-21)15-9-1-2-10-16-24(26)20-18-22-13-7-4-8-14-22/h3-8,11-14,23-24H,1-2,9-10,15-16H2. The van der Waals surface area contributed by atoms with Crippen molar-refractivity contribution >= 4 is 31.9 Å². The van der Waals surface area contributed by atoms with Crippen molar-refractivity contribution in [2.75, 3.05) is 0 Å². The van der Waals surface area contributed by atoms with E-state index in [9.17, 15) is 0 Å². The molecule has 0 aromatic heterocycles. The van der Waals surface area contributed by atoms with Gasteiger partial charge in [-0.15, -0.1) is 0 Å². The lowest BCUT2D eigenvalue weighted by molar-refractivity contribution is 0.612. The first-order chi connectivity index (χ1) is 12.7. The van der Waals surface area contributed by atoms with Crippen LogP contribution in [-0.2, 0) is 0 Å². The van der Waals surface area contributed by atoms with Gasteiger partial charge in [0.1, 0.15) is 0 Å². The number of rotatable bonds is 7. The van der Waals surface area contributed by atoms with Crippen LogP contribution in [-0.4, -0.2) is 9.65 Å². The van der Waals surface area contributed by atoms with Crippen LogP contribution in [0.2, 0.25) is 0 Å². The molecule has 0 aliphatic heterocycles. The predicted octanol–water partition coefficient (Wildman–Crippen LogP) is 6.96. The number of hydrogen-bond acceptors (Lipinski definition) is 0. The molecule has 2 aromatic rings. The Morgan fingerprint density at radius 1 is 0.577 bits per heavy atom. The fourth-order valence-electron chi connectivity index (χ4n) is 2.51. The highest BCUT2D eigenvalue weighted by Gasteiger charge is 2.01. The molecule has 2 aromatic carbocycles. The molecule has 26 heavy (non-hydrogen) atoms. The Morgan fingerprint density at radius 3 is 1.35 bits per heavy atom. The summed E-state index contributed by atoms with van der Waals surface area (Å²) in [5, 5.41) is 0. The van der Waals surface area contributed by atoms with Crippen LogP contribution < -0.4 is 0 Å². The molecule has 0 saturated carbocycles. The van der Waals surface area contributed by atoms with Crippen LogP contribution in [0, 0.1) is 23.7 Å². The van der Waals surface area contributed by atoms with Crippen LogP contribution in [0.15, 0.2) is 60.7 Å². The van der Waals surface area contributed by atoms with Gasteiger partial charge < -0.3 is 0 Å². The van der Waals surface area contributed by atoms with E-state index in [0.29, 0.717) is 0 Å². The zero-order chi connectivity index (χ0) is 18.5. The molecule has 0 spiro atoms. The van der Waals surface area contributed by atoms with Gasteiger partial charge in [0.2, 0.25) is 0 Å². The third-order valence-electron chi connectivity index (χ3n) is 3.96. The third-order valence-corrected chi connectivity index (χ3v) is 5.33. The van der Waals surface area contributed by atoms with Gasteiger partial charge in [0.15, 0.2) is 0 Å². The average molecular weight is 472 g/mol. The molecule has 2 atom stereocenters. The molecule has 0 nitrogen and oxygen atoms in total. The van der Waals surface area contributed by atoms with Gasteiger partial charge in [0.05, 0.1) is 9.65 Å². The van der Waals surface area contributed by atoms with E-state index in [-0.39, 0.29) is 9.65 Å². The lowest BCUT2D eigenvalue weighted by Gasteiger charge is -2.04. The molecular formula is C24H24Br2. The number of unbranched alkanes of at least 4 members (excludes halogenated alkanes) is 3. The first kappa shape index (κ1) is 20.8. The van der Waals surface area contributed by atoms with Crippen molar-refractivity contribution in [3.63, 3.8) is 0 Å². The molecule has 0 aliphatic carbocycles. The van der Waals surface area contributed by atoms with Crippen LogP contribution in [0.5, 0.6) is 0 Å². The smallest absolute Gasteiger partial charge is 0.0758 e. The van der Waals surface area contributed by atoms with Gasteiger partial charge in [-0.3, -0.25) is 0 Å². The van der Waals surface area contributed by atoms with E-state index in [2.05, 4.69) is 55.5 Å². The topological polar surface area (TPSA) is 0 Å². The maximum Gasteiger partial charge on any atom is 0.0758 e. The molecule has 0 amide bonds. The maximum atomic E-state index is 3.67. The monoisotopic (exact) mass is 470 g/mol. The summed E-state index contributed by atoms with van der Waals surface area (Å²) in [5.41, 5.74) is 2.16. The van der Waals surface area contributed by atoms with E-state index in [1.54, 1.807) is 0 Å². The highest BCUT2D eigenvalue weighted by atomic mass is 79.9. The van der Waals surface area contributed by atoms with Crippen LogP contribution in [0.4, 0.5) is 0 Å². The minimum Gasteiger partial charge on any atom is -0.0829 e. The summed E-state index contributed by atoms with van der Waals surface area (Å²) in [6.07, 6.45) is 7.13. The van der Waals surface area contributed by atoms with Crippen molar-refractivity contribution in [3.8, 4) is 23.7 Å². The van der Waals surface area contributed by atoms with E-state index in [0.717, 1.165) is 24.0 Å². The first-order valence-electron chi connectivity index (χ1n) is 9.15. The molecule has 0 radical (unpaired) electrons. The molecule has 0 N–H and O–H groups in total. The van der Waals surface area contributed by atoms with Crippen molar-refractivity contribution in [1.82, 2.24) is 0 Å². The molecule has 134 valence electrons. The summed E-state index contributed by atoms with van der Waals surface area (Å²) >= 11 is 7.34. The first-order valence-corrected chi connectivity index (χ1v) is 11.0. The molecule has 0 heterocycles. The van der Waals surface area contributed by atoms with Crippen LogP contribution in [0.3, 0.4) is 0 Å². The Hall–Kier alpha value is -1.48. The minimum atomic E-state index is 0.281. The molecular weight excluding hydrogens is 448 g/mol. The van der Waals surface area contributed by atoms with Crippen LogP contribution >= 0.6 is 31.9 Å². The fraction of sp³-hybridized carbons (Fsp3) is 0.333. The van der Waals surface area contributed by atoms with Gasteiger partial charge >= 0.3 is 0 Å². The molecule has 2 unspecified atom stereocenters. The molecule has 0 fully saturated rings. The minimum absolute atomic E-state index is 0.281. The second kappa shape index (κ2) is 12.8. The molecule has 0 saturated heterocycles. The number of benzene rings is 2. The molecule has 0 bridgehead atoms. The molecule has 2 heteroatoms. The average Bonchev–Trinajstić information content (AvgIpc) is 2.69. The van der Waals surface area contributed by atoms with Crippen molar-refractivity contribution in [3.05, 3.63) is 71.8 Å². The lowest BCUT2D eigenvalue weighted by Crippen LogP contribution is -1.95. The highest BCUT2D eigenvalue weighted by molar-refractivity contribution is 9.09. The number of halogens is 2. The SMILES string of the molecule is BrC(C#Cc1ccccc1)CCCCCCC(Br)C#Cc1ccccc1. The summed E-state index contributed by atoms with van der Waals surface area (Å²) in [5.74, 6) is 13.0. The van der Waals surface area contributed by atoms with Crippen molar-refractivity contribution in [2.45, 2.75) is 48.2 Å². The zero-order valence-electron chi connectivity index (χ0n) is 14.9. The Kier molecular flexibility index (Phi) is 10.3. The number of hydrogen-bond donors (Lipinski definition) is 0. The maximum absolute atomic E-state index is 3.67. The molecule has 0 aliphatic rings. The molecule has 2 rings (SSSR count). The van der Waals surface area contributed by atoms with Gasteiger partial charge in [-0.05, 0) is 37.1 Å². The van der Waals surface area contributed by atoms with Gasteiger partial charge in [-0.2, -0.15) is 0 Å². The van der Waals surface area contributed by atoms with E-state index < -0.39 is 0 Å². The van der Waals surface area contributed by atoms with Crippen LogP contribution in [0.1, 0.15) is 49.7 Å². The van der Waals surface area contributed by atoms with Crippen molar-refractivity contribution < 1.29 is 0 Å². The summed E-state index contributed by atoms with van der Waals surface area (Å²) in [7, 11) is 0. The lowest BCUT2D eigenvalue weighted by atomic mass is 10.1. The summed E-state index contributed by atoms with van der Waals surface area (Å²) < 4.78 is 0. The Bertz CT molecular complexity index is 677. The highest BCUT2D eigenvalue weighted by Crippen LogP contribution is 2.15. The van der Waals surface area contributed by atoms with E-state index in [1.807, 2.05) is 60.7 Å². The summed E-state index contributed by atoms with van der Waals surface area (Å²) in [4.78, 5) is 0.562.